The number of hydrogen-bond acceptors (Lipinski definition) is 9. The summed E-state index contributed by atoms with van der Waals surface area (Å²) in [7, 11) is 0. The molecule has 0 atom stereocenters. The third-order valence-corrected chi connectivity index (χ3v) is 9.09. The summed E-state index contributed by atoms with van der Waals surface area (Å²) in [6.07, 6.45) is -0.302. The van der Waals surface area contributed by atoms with Crippen LogP contribution < -0.4 is 21.7 Å². The van der Waals surface area contributed by atoms with Crippen LogP contribution in [0.4, 0.5) is 48.6 Å². The molecule has 256 valence electrons. The van der Waals surface area contributed by atoms with Crippen molar-refractivity contribution in [3.05, 3.63) is 35.7 Å². The number of rotatable bonds is 7. The Balaban J connectivity index is 1.10. The first-order valence-corrected chi connectivity index (χ1v) is 15.9. The third kappa shape index (κ3) is 8.00. The van der Waals surface area contributed by atoms with Crippen molar-refractivity contribution in [1.82, 2.24) is 24.6 Å². The maximum Gasteiger partial charge on any atom is 0.430 e. The van der Waals surface area contributed by atoms with Gasteiger partial charge in [0.25, 0.3) is 0 Å². The lowest BCUT2D eigenvalue weighted by atomic mass is 9.92. The van der Waals surface area contributed by atoms with Crippen molar-refractivity contribution in [1.29, 1.82) is 0 Å². The van der Waals surface area contributed by atoms with Crippen molar-refractivity contribution >= 4 is 34.7 Å². The number of nitrogens with zero attached hydrogens (tertiary/aromatic N) is 5. The fourth-order valence-electron chi connectivity index (χ4n) is 6.55. The van der Waals surface area contributed by atoms with Gasteiger partial charge in [0.05, 0.1) is 17.5 Å². The first-order chi connectivity index (χ1) is 22.3. The van der Waals surface area contributed by atoms with Gasteiger partial charge in [-0.25, -0.2) is 9.78 Å². The summed E-state index contributed by atoms with van der Waals surface area (Å²) >= 11 is 0. The fourth-order valence-corrected chi connectivity index (χ4v) is 6.55. The Morgan fingerprint density at radius 2 is 1.45 bits per heavy atom. The molecule has 2 aliphatic carbocycles. The number of halogens is 6. The molecule has 0 spiro atoms. The Morgan fingerprint density at radius 1 is 0.830 bits per heavy atom. The lowest BCUT2D eigenvalue weighted by Gasteiger charge is -2.31. The fraction of sp³-hybridized carbons (Fsp3) is 0.600. The van der Waals surface area contributed by atoms with Gasteiger partial charge in [-0.15, -0.1) is 5.06 Å². The van der Waals surface area contributed by atoms with Crippen LogP contribution in [0.1, 0.15) is 81.4 Å². The number of carbonyl (C=O) groups is 1. The van der Waals surface area contributed by atoms with Gasteiger partial charge in [-0.3, -0.25) is 5.32 Å². The molecule has 17 heteroatoms. The molecule has 2 saturated carbocycles. The Labute approximate surface area is 266 Å². The van der Waals surface area contributed by atoms with Crippen LogP contribution in [0.2, 0.25) is 0 Å². The van der Waals surface area contributed by atoms with Crippen molar-refractivity contribution in [2.75, 3.05) is 29.0 Å². The highest BCUT2D eigenvalue weighted by Gasteiger charge is 2.37. The molecule has 5 N–H and O–H groups in total. The zero-order valence-corrected chi connectivity index (χ0v) is 25.5. The van der Waals surface area contributed by atoms with Crippen molar-refractivity contribution in [3.8, 4) is 0 Å². The van der Waals surface area contributed by atoms with E-state index in [1.54, 1.807) is 0 Å². The second-order valence-electron chi connectivity index (χ2n) is 12.6. The normalized spacial score (nSPS) is 22.0. The van der Waals surface area contributed by atoms with Gasteiger partial charge >= 0.3 is 18.4 Å². The van der Waals surface area contributed by atoms with E-state index in [0.717, 1.165) is 57.0 Å². The van der Waals surface area contributed by atoms with Crippen LogP contribution in [-0.4, -0.2) is 61.9 Å². The smallest absolute Gasteiger partial charge is 0.365 e. The molecule has 11 nitrogen and oxygen atoms in total. The lowest BCUT2D eigenvalue weighted by molar-refractivity contribution is -0.143. The van der Waals surface area contributed by atoms with E-state index >= 15 is 0 Å². The van der Waals surface area contributed by atoms with Crippen molar-refractivity contribution < 1.29 is 36.0 Å². The first kappa shape index (κ1) is 33.1. The largest absolute Gasteiger partial charge is 0.430 e. The highest BCUT2D eigenvalue weighted by atomic mass is 19.4. The van der Waals surface area contributed by atoms with Crippen LogP contribution in [0.15, 0.2) is 24.5 Å². The van der Waals surface area contributed by atoms with Crippen molar-refractivity contribution in [2.24, 2.45) is 5.73 Å². The minimum absolute atomic E-state index is 0.0102. The number of nitrogens with one attached hydrogen (secondary N) is 3. The maximum absolute atomic E-state index is 13.2. The van der Waals surface area contributed by atoms with E-state index in [-0.39, 0.29) is 37.3 Å². The monoisotopic (exact) mass is 669 g/mol. The second-order valence-corrected chi connectivity index (χ2v) is 12.6. The molecule has 3 aromatic rings. The van der Waals surface area contributed by atoms with Crippen LogP contribution in [0.3, 0.4) is 0 Å². The number of aromatic nitrogens is 4. The summed E-state index contributed by atoms with van der Waals surface area (Å²) in [5.74, 6) is 1.10. The van der Waals surface area contributed by atoms with Crippen LogP contribution in [0.25, 0.3) is 11.2 Å². The first-order valence-electron chi connectivity index (χ1n) is 15.9. The van der Waals surface area contributed by atoms with Crippen LogP contribution >= 0.6 is 0 Å². The molecule has 3 fully saturated rings. The molecular weight excluding hydrogens is 632 g/mol. The van der Waals surface area contributed by atoms with Gasteiger partial charge in [0, 0.05) is 42.9 Å². The topological polar surface area (TPSA) is 135 Å². The van der Waals surface area contributed by atoms with E-state index < -0.39 is 35.3 Å². The molecule has 2 aromatic heterocycles. The number of imidazole rings is 1. The number of alkyl halides is 6. The van der Waals surface area contributed by atoms with Gasteiger partial charge in [0.2, 0.25) is 5.95 Å². The molecule has 6 rings (SSSR count). The summed E-state index contributed by atoms with van der Waals surface area (Å²) in [5.41, 5.74) is 3.74. The van der Waals surface area contributed by atoms with Crippen molar-refractivity contribution in [2.45, 2.75) is 101 Å². The zero-order chi connectivity index (χ0) is 33.3. The minimum atomic E-state index is -5.04. The maximum atomic E-state index is 13.2. The number of hydroxylamine groups is 2. The van der Waals surface area contributed by atoms with E-state index in [1.165, 1.54) is 5.06 Å². The Hall–Kier alpha value is -3.86. The SMILES string of the molecule is NC1CCC(Nc2nc(NC3CCN(OC(=O)Nc4cc(C(F)(F)F)cc(C(F)(F)F)c4)CC3)c3ncn(C4CCCC4)c3n2)CC1. The van der Waals surface area contributed by atoms with Gasteiger partial charge in [0.1, 0.15) is 0 Å². The van der Waals surface area contributed by atoms with E-state index in [0.29, 0.717) is 48.3 Å². The number of anilines is 3. The molecule has 0 bridgehead atoms. The molecular formula is C30H37F6N9O2. The highest BCUT2D eigenvalue weighted by Crippen LogP contribution is 2.38. The molecule has 47 heavy (non-hydrogen) atoms. The van der Waals surface area contributed by atoms with Crippen LogP contribution in [-0.2, 0) is 17.2 Å². The quantitative estimate of drug-likeness (QED) is 0.203. The molecule has 1 aliphatic heterocycles. The minimum Gasteiger partial charge on any atom is -0.365 e. The Morgan fingerprint density at radius 3 is 2.06 bits per heavy atom. The van der Waals surface area contributed by atoms with Gasteiger partial charge in [-0.1, -0.05) is 12.8 Å². The van der Waals surface area contributed by atoms with E-state index in [2.05, 4.69) is 20.2 Å². The predicted octanol–water partition coefficient (Wildman–Crippen LogP) is 6.70. The van der Waals surface area contributed by atoms with Crippen molar-refractivity contribution in [3.63, 3.8) is 0 Å². The summed E-state index contributed by atoms with van der Waals surface area (Å²) in [6.45, 7) is 0.527. The van der Waals surface area contributed by atoms with Crippen LogP contribution in [0, 0.1) is 0 Å². The number of fused-ring (bicyclic) bond motifs is 1. The summed E-state index contributed by atoms with van der Waals surface area (Å²) in [6, 6.07) is 1.51. The van der Waals surface area contributed by atoms with E-state index in [9.17, 15) is 31.1 Å². The molecule has 0 radical (unpaired) electrons. The Bertz CT molecular complexity index is 1530. The van der Waals surface area contributed by atoms with E-state index in [4.69, 9.17) is 20.5 Å². The van der Waals surface area contributed by atoms with Crippen LogP contribution in [0.5, 0.6) is 0 Å². The third-order valence-electron chi connectivity index (χ3n) is 9.09. The lowest BCUT2D eigenvalue weighted by Crippen LogP contribution is -2.41. The average molecular weight is 670 g/mol. The molecule has 1 saturated heterocycles. The summed E-state index contributed by atoms with van der Waals surface area (Å²) in [5, 5.41) is 10.3. The van der Waals surface area contributed by atoms with Gasteiger partial charge in [0.15, 0.2) is 17.0 Å². The number of amides is 1. The number of benzene rings is 1. The average Bonchev–Trinajstić information content (AvgIpc) is 3.69. The molecule has 3 heterocycles. The predicted molar refractivity (Wildman–Crippen MR) is 161 cm³/mol. The standard InChI is InChI=1S/C30H37F6N9O2/c31-29(32,33)17-13-18(30(34,35)36)15-22(14-17)41-28(46)47-44-11-9-21(10-12-44)39-25-24-26(45(16-38-24)23-3-1-2-4-23)43-27(42-25)40-20-7-5-19(37)6-8-20/h13-16,19-21,23H,1-12,37H2,(H,41,46)(H2,39,40,42,43). The summed E-state index contributed by atoms with van der Waals surface area (Å²) < 4.78 is 81.3. The van der Waals surface area contributed by atoms with Gasteiger partial charge in [-0.2, -0.15) is 36.3 Å². The second kappa shape index (κ2) is 13.3. The molecule has 0 unspecified atom stereocenters. The zero-order valence-electron chi connectivity index (χ0n) is 25.5. The van der Waals surface area contributed by atoms with Gasteiger partial charge < -0.3 is 25.8 Å². The Kier molecular flexibility index (Phi) is 9.38. The van der Waals surface area contributed by atoms with E-state index in [1.807, 2.05) is 11.6 Å². The molecule has 1 amide bonds. The summed E-state index contributed by atoms with van der Waals surface area (Å²) in [4.78, 5) is 32.0. The number of carbonyl (C=O) groups excluding carboxylic acids is 1. The molecule has 1 aromatic carbocycles. The number of hydrogen-bond donors (Lipinski definition) is 4. The van der Waals surface area contributed by atoms with Gasteiger partial charge in [-0.05, 0) is 69.6 Å². The molecule has 3 aliphatic rings. The number of nitrogens with two attached hydrogens (primary N) is 1. The number of piperidine rings is 1. The highest BCUT2D eigenvalue weighted by molar-refractivity contribution is 5.85.